The molecule has 0 aliphatic heterocycles. The highest BCUT2D eigenvalue weighted by molar-refractivity contribution is 5.67. The van der Waals surface area contributed by atoms with E-state index >= 15 is 0 Å². The van der Waals surface area contributed by atoms with E-state index in [4.69, 9.17) is 4.74 Å². The van der Waals surface area contributed by atoms with Crippen LogP contribution in [-0.2, 0) is 11.3 Å². The molecule has 0 bridgehead atoms. The first kappa shape index (κ1) is 15.4. The summed E-state index contributed by atoms with van der Waals surface area (Å²) >= 11 is 0. The Labute approximate surface area is 123 Å². The van der Waals surface area contributed by atoms with Gasteiger partial charge in [-0.2, -0.15) is 4.91 Å². The number of carbonyl (C=O) groups is 1. The third kappa shape index (κ3) is 4.53. The minimum Gasteiger partial charge on any atom is -0.445 e. The largest absolute Gasteiger partial charge is 0.445 e. The first-order valence-corrected chi connectivity index (χ1v) is 7.13. The fraction of sp³-hybridized carbons (Fsp3) is 0.533. The Kier molecular flexibility index (Phi) is 5.68. The molecule has 0 spiro atoms. The van der Waals surface area contributed by atoms with Crippen LogP contribution in [0.2, 0.25) is 0 Å². The maximum Gasteiger partial charge on any atom is 0.407 e. The molecule has 0 aromatic heterocycles. The van der Waals surface area contributed by atoms with Gasteiger partial charge in [0.15, 0.2) is 0 Å². The summed E-state index contributed by atoms with van der Waals surface area (Å²) in [6.07, 6.45) is 1.26. The molecule has 0 radical (unpaired) electrons. The van der Waals surface area contributed by atoms with Gasteiger partial charge in [-0.15, -0.1) is 0 Å². The van der Waals surface area contributed by atoms with Crippen molar-refractivity contribution in [3.05, 3.63) is 40.8 Å². The summed E-state index contributed by atoms with van der Waals surface area (Å²) in [6, 6.07) is 8.99. The number of ether oxygens (including phenoxy) is 1. The number of aliphatic hydroxyl groups excluding tert-OH is 1. The smallest absolute Gasteiger partial charge is 0.407 e. The summed E-state index contributed by atoms with van der Waals surface area (Å²) in [4.78, 5) is 22.4. The molecule has 6 heteroatoms. The van der Waals surface area contributed by atoms with Gasteiger partial charge < -0.3 is 15.2 Å². The van der Waals surface area contributed by atoms with Crippen molar-refractivity contribution in [2.24, 2.45) is 11.1 Å². The molecule has 2 rings (SSSR count). The van der Waals surface area contributed by atoms with Crippen molar-refractivity contribution < 1.29 is 14.6 Å². The van der Waals surface area contributed by atoms with Crippen LogP contribution in [-0.4, -0.2) is 29.9 Å². The second-order valence-electron chi connectivity index (χ2n) is 5.33. The molecule has 1 aliphatic carbocycles. The summed E-state index contributed by atoms with van der Waals surface area (Å²) < 4.78 is 5.16. The lowest BCUT2D eigenvalue weighted by Gasteiger charge is -2.32. The van der Waals surface area contributed by atoms with E-state index in [1.54, 1.807) is 0 Å². The molecule has 1 aromatic carbocycles. The molecular weight excluding hydrogens is 272 g/mol. The van der Waals surface area contributed by atoms with E-state index in [1.165, 1.54) is 0 Å². The molecule has 3 unspecified atom stereocenters. The number of nitrogens with one attached hydrogen (secondary N) is 1. The Morgan fingerprint density at radius 3 is 2.76 bits per heavy atom. The van der Waals surface area contributed by atoms with Crippen LogP contribution >= 0.6 is 0 Å². The predicted octanol–water partition coefficient (Wildman–Crippen LogP) is 2.21. The van der Waals surface area contributed by atoms with Gasteiger partial charge >= 0.3 is 6.09 Å². The van der Waals surface area contributed by atoms with Gasteiger partial charge in [-0.25, -0.2) is 4.79 Å². The van der Waals surface area contributed by atoms with Gasteiger partial charge in [0.2, 0.25) is 0 Å². The van der Waals surface area contributed by atoms with E-state index < -0.39 is 6.09 Å². The Hall–Kier alpha value is -1.95. The molecule has 0 saturated heterocycles. The van der Waals surface area contributed by atoms with Crippen LogP contribution in [0.1, 0.15) is 24.8 Å². The summed E-state index contributed by atoms with van der Waals surface area (Å²) in [7, 11) is 0. The Bertz CT molecular complexity index is 466. The second kappa shape index (κ2) is 7.73. The summed E-state index contributed by atoms with van der Waals surface area (Å²) in [5, 5.41) is 15.2. The number of amides is 1. The number of nitroso groups, excluding NO2 is 1. The van der Waals surface area contributed by atoms with Crippen LogP contribution in [0.25, 0.3) is 0 Å². The van der Waals surface area contributed by atoms with E-state index in [0.29, 0.717) is 19.3 Å². The number of hydrogen-bond donors (Lipinski definition) is 2. The van der Waals surface area contributed by atoms with Crippen LogP contribution in [0, 0.1) is 10.8 Å². The van der Waals surface area contributed by atoms with Gasteiger partial charge in [-0.3, -0.25) is 0 Å². The van der Waals surface area contributed by atoms with Crippen molar-refractivity contribution in [1.82, 2.24) is 5.32 Å². The molecule has 1 fully saturated rings. The van der Waals surface area contributed by atoms with Crippen molar-refractivity contribution in [2.75, 3.05) is 6.61 Å². The Balaban J connectivity index is 1.80. The van der Waals surface area contributed by atoms with Crippen molar-refractivity contribution in [1.29, 1.82) is 0 Å². The molecule has 1 amide bonds. The second-order valence-corrected chi connectivity index (χ2v) is 5.33. The van der Waals surface area contributed by atoms with Gasteiger partial charge in [-0.1, -0.05) is 35.5 Å². The Morgan fingerprint density at radius 2 is 2.10 bits per heavy atom. The molecular formula is C15H20N2O4. The maximum absolute atomic E-state index is 11.8. The van der Waals surface area contributed by atoms with Crippen molar-refractivity contribution in [2.45, 2.75) is 38.0 Å². The summed E-state index contributed by atoms with van der Waals surface area (Å²) in [5.41, 5.74) is 0.917. The zero-order valence-corrected chi connectivity index (χ0v) is 11.8. The number of hydrogen-bond acceptors (Lipinski definition) is 5. The van der Waals surface area contributed by atoms with Crippen LogP contribution < -0.4 is 5.32 Å². The van der Waals surface area contributed by atoms with E-state index in [-0.39, 0.29) is 31.2 Å². The highest BCUT2D eigenvalue weighted by Gasteiger charge is 2.32. The molecule has 6 nitrogen and oxygen atoms in total. The van der Waals surface area contributed by atoms with E-state index in [9.17, 15) is 14.8 Å². The molecule has 1 saturated carbocycles. The minimum absolute atomic E-state index is 0.0738. The molecule has 0 heterocycles. The highest BCUT2D eigenvalue weighted by Crippen LogP contribution is 2.26. The average Bonchev–Trinajstić information content (AvgIpc) is 2.54. The van der Waals surface area contributed by atoms with Crippen LogP contribution in [0.3, 0.4) is 0 Å². The third-order valence-electron chi connectivity index (χ3n) is 3.85. The molecule has 1 aromatic rings. The average molecular weight is 292 g/mol. The molecule has 114 valence electrons. The van der Waals surface area contributed by atoms with Crippen LogP contribution in [0.5, 0.6) is 0 Å². The fourth-order valence-corrected chi connectivity index (χ4v) is 2.64. The molecule has 3 atom stereocenters. The number of rotatable bonds is 5. The first-order valence-electron chi connectivity index (χ1n) is 7.13. The van der Waals surface area contributed by atoms with Crippen LogP contribution in [0.4, 0.5) is 4.79 Å². The van der Waals surface area contributed by atoms with Crippen molar-refractivity contribution in [3.8, 4) is 0 Å². The standard InChI is InChI=1S/C15H20N2O4/c18-9-12-8-13(17-20)6-7-14(12)16-15(19)21-10-11-4-2-1-3-5-11/h1-5,12-14,18H,6-10H2,(H,16,19). The van der Waals surface area contributed by atoms with E-state index in [0.717, 1.165) is 5.56 Å². The maximum atomic E-state index is 11.8. The van der Waals surface area contributed by atoms with Gasteiger partial charge in [0, 0.05) is 18.6 Å². The first-order chi connectivity index (χ1) is 10.2. The normalized spacial score (nSPS) is 25.1. The lowest BCUT2D eigenvalue weighted by molar-refractivity contribution is 0.110. The predicted molar refractivity (Wildman–Crippen MR) is 77.6 cm³/mol. The van der Waals surface area contributed by atoms with E-state index in [1.807, 2.05) is 30.3 Å². The minimum atomic E-state index is -0.500. The van der Waals surface area contributed by atoms with Gasteiger partial charge in [0.1, 0.15) is 6.61 Å². The Morgan fingerprint density at radius 1 is 1.33 bits per heavy atom. The van der Waals surface area contributed by atoms with E-state index in [2.05, 4.69) is 10.5 Å². The zero-order valence-electron chi connectivity index (χ0n) is 11.8. The fourth-order valence-electron chi connectivity index (χ4n) is 2.64. The van der Waals surface area contributed by atoms with Gasteiger partial charge in [0.25, 0.3) is 0 Å². The quantitative estimate of drug-likeness (QED) is 0.814. The number of aliphatic hydroxyl groups is 1. The third-order valence-corrected chi connectivity index (χ3v) is 3.85. The highest BCUT2D eigenvalue weighted by atomic mass is 16.5. The lowest BCUT2D eigenvalue weighted by Crippen LogP contribution is -2.45. The van der Waals surface area contributed by atoms with Crippen molar-refractivity contribution >= 4 is 6.09 Å². The SMILES string of the molecule is O=NC1CCC(NC(=O)OCc2ccccc2)C(CO)C1. The van der Waals surface area contributed by atoms with Gasteiger partial charge in [0.05, 0.1) is 6.04 Å². The zero-order chi connectivity index (χ0) is 15.1. The molecule has 1 aliphatic rings. The molecule has 21 heavy (non-hydrogen) atoms. The topological polar surface area (TPSA) is 88.0 Å². The summed E-state index contributed by atoms with van der Waals surface area (Å²) in [5.74, 6) is -0.147. The van der Waals surface area contributed by atoms with Crippen LogP contribution in [0.15, 0.2) is 35.5 Å². The summed E-state index contributed by atoms with van der Waals surface area (Å²) in [6.45, 7) is 0.136. The number of carbonyl (C=O) groups excluding carboxylic acids is 1. The lowest BCUT2D eigenvalue weighted by atomic mass is 9.82. The van der Waals surface area contributed by atoms with Crippen molar-refractivity contribution in [3.63, 3.8) is 0 Å². The number of nitrogens with zero attached hydrogens (tertiary/aromatic N) is 1. The molecule has 2 N–H and O–H groups in total. The monoisotopic (exact) mass is 292 g/mol. The number of alkyl carbamates (subject to hydrolysis) is 1. The van der Waals surface area contributed by atoms with Gasteiger partial charge in [-0.05, 0) is 24.8 Å². The number of benzene rings is 1.